The first kappa shape index (κ1) is 18.0. The van der Waals surface area contributed by atoms with E-state index in [0.29, 0.717) is 0 Å². The molecule has 24 heavy (non-hydrogen) atoms. The Hall–Kier alpha value is -2.34. The highest BCUT2D eigenvalue weighted by molar-refractivity contribution is 9.10. The van der Waals surface area contributed by atoms with Crippen molar-refractivity contribution in [3.63, 3.8) is 0 Å². The molecule has 0 saturated carbocycles. The lowest BCUT2D eigenvalue weighted by Gasteiger charge is -2.18. The van der Waals surface area contributed by atoms with Gasteiger partial charge in [0.1, 0.15) is 0 Å². The van der Waals surface area contributed by atoms with Crippen LogP contribution in [-0.4, -0.2) is 16.7 Å². The lowest BCUT2D eigenvalue weighted by molar-refractivity contribution is 0.589. The zero-order chi connectivity index (χ0) is 17.7. The van der Waals surface area contributed by atoms with Crippen LogP contribution in [0.5, 0.6) is 0 Å². The molecule has 4 N–H and O–H groups in total. The average molecular weight is 388 g/mol. The van der Waals surface area contributed by atoms with Crippen LogP contribution >= 0.6 is 15.9 Å². The molecule has 1 heterocycles. The Morgan fingerprint density at radius 2 is 1.79 bits per heavy atom. The molecule has 0 spiro atoms. The van der Waals surface area contributed by atoms with Crippen molar-refractivity contribution < 1.29 is 0 Å². The van der Waals surface area contributed by atoms with Gasteiger partial charge < -0.3 is 16.0 Å². The van der Waals surface area contributed by atoms with Gasteiger partial charge in [-0.05, 0) is 46.9 Å². The van der Waals surface area contributed by atoms with Crippen LogP contribution in [-0.2, 0) is 5.41 Å². The van der Waals surface area contributed by atoms with Crippen LogP contribution in [0.15, 0.2) is 57.4 Å². The number of benzene rings is 1. The van der Waals surface area contributed by atoms with Crippen LogP contribution in [0.4, 0.5) is 0 Å². The van der Waals surface area contributed by atoms with E-state index >= 15 is 0 Å². The van der Waals surface area contributed by atoms with E-state index in [4.69, 9.17) is 11.5 Å². The fraction of sp³-hybridized carbons (Fsp3) is 0.222. The summed E-state index contributed by atoms with van der Waals surface area (Å²) in [5.41, 5.74) is 14.0. The monoisotopic (exact) mass is 387 g/mol. The Bertz CT molecular complexity index is 773. The number of allylic oxidation sites excluding steroid dienone is 1. The highest BCUT2D eigenvalue weighted by Gasteiger charge is 2.19. The van der Waals surface area contributed by atoms with Crippen molar-refractivity contribution in [3.8, 4) is 5.69 Å². The third kappa shape index (κ3) is 4.83. The summed E-state index contributed by atoms with van der Waals surface area (Å²) in [6, 6.07) is 8.21. The molecule has 0 unspecified atom stereocenters. The predicted molar refractivity (Wildman–Crippen MR) is 106 cm³/mol. The van der Waals surface area contributed by atoms with E-state index in [1.165, 1.54) is 5.56 Å². The van der Waals surface area contributed by atoms with Crippen LogP contribution < -0.4 is 11.5 Å². The van der Waals surface area contributed by atoms with Gasteiger partial charge in [-0.1, -0.05) is 42.8 Å². The van der Waals surface area contributed by atoms with E-state index in [9.17, 15) is 0 Å². The van der Waals surface area contributed by atoms with Crippen molar-refractivity contribution in [2.24, 2.45) is 21.7 Å². The van der Waals surface area contributed by atoms with Crippen molar-refractivity contribution in [3.05, 3.63) is 58.3 Å². The third-order valence-corrected chi connectivity index (χ3v) is 3.92. The molecule has 2 rings (SSSR count). The smallest absolute Gasteiger partial charge is 0.211 e. The van der Waals surface area contributed by atoms with Gasteiger partial charge in [0.05, 0.1) is 0 Å². The Balaban J connectivity index is 2.36. The largest absolute Gasteiger partial charge is 0.369 e. The molecule has 0 fully saturated rings. The fourth-order valence-corrected chi connectivity index (χ4v) is 2.54. The summed E-state index contributed by atoms with van der Waals surface area (Å²) in [4.78, 5) is 0. The van der Waals surface area contributed by atoms with Gasteiger partial charge in [0.2, 0.25) is 5.96 Å². The number of rotatable bonds is 4. The average Bonchev–Trinajstić information content (AvgIpc) is 2.91. The molecule has 5 nitrogen and oxygen atoms in total. The van der Waals surface area contributed by atoms with Crippen LogP contribution in [0, 0.1) is 0 Å². The first-order chi connectivity index (χ1) is 11.3. The van der Waals surface area contributed by atoms with Gasteiger partial charge in [0.15, 0.2) is 0 Å². The number of guanidine groups is 1. The first-order valence-corrected chi connectivity index (χ1v) is 8.34. The van der Waals surface area contributed by atoms with E-state index in [0.717, 1.165) is 15.7 Å². The fourth-order valence-electron chi connectivity index (χ4n) is 2.28. The lowest BCUT2D eigenvalue weighted by atomic mass is 9.86. The molecule has 126 valence electrons. The summed E-state index contributed by atoms with van der Waals surface area (Å²) in [5, 5.41) is 7.34. The number of halogens is 1. The van der Waals surface area contributed by atoms with Gasteiger partial charge in [0, 0.05) is 28.8 Å². The van der Waals surface area contributed by atoms with Crippen molar-refractivity contribution in [2.45, 2.75) is 26.2 Å². The van der Waals surface area contributed by atoms with Gasteiger partial charge in [-0.25, -0.2) is 0 Å². The third-order valence-electron chi connectivity index (χ3n) is 3.39. The van der Waals surface area contributed by atoms with Crippen molar-refractivity contribution in [2.75, 3.05) is 0 Å². The minimum Gasteiger partial charge on any atom is -0.369 e. The highest BCUT2D eigenvalue weighted by atomic mass is 79.9. The maximum Gasteiger partial charge on any atom is 0.211 e. The Morgan fingerprint density at radius 3 is 2.38 bits per heavy atom. The van der Waals surface area contributed by atoms with Crippen molar-refractivity contribution >= 4 is 34.2 Å². The van der Waals surface area contributed by atoms with E-state index < -0.39 is 0 Å². The minimum absolute atomic E-state index is 0.0251. The summed E-state index contributed by atoms with van der Waals surface area (Å²) in [5.74, 6) is -0.0589. The van der Waals surface area contributed by atoms with E-state index in [1.807, 2.05) is 24.3 Å². The summed E-state index contributed by atoms with van der Waals surface area (Å²) < 4.78 is 3.19. The molecular weight excluding hydrogens is 366 g/mol. The highest BCUT2D eigenvalue weighted by Crippen LogP contribution is 2.29. The molecule has 2 aromatic rings. The Kier molecular flexibility index (Phi) is 5.62. The van der Waals surface area contributed by atoms with Gasteiger partial charge in [-0.2, -0.15) is 5.10 Å². The van der Waals surface area contributed by atoms with Gasteiger partial charge in [-0.15, -0.1) is 5.10 Å². The number of hydrogen-bond acceptors (Lipinski definition) is 2. The molecule has 1 aromatic carbocycles. The second kappa shape index (κ2) is 7.49. The topological polar surface area (TPSA) is 81.7 Å². The van der Waals surface area contributed by atoms with Crippen LogP contribution in [0.3, 0.4) is 0 Å². The summed E-state index contributed by atoms with van der Waals surface area (Å²) in [6.07, 6.45) is 9.65. The van der Waals surface area contributed by atoms with Crippen molar-refractivity contribution in [1.82, 2.24) is 4.57 Å². The molecule has 0 aliphatic heterocycles. The molecule has 0 amide bonds. The summed E-state index contributed by atoms with van der Waals surface area (Å²) >= 11 is 3.47. The maximum atomic E-state index is 5.23. The van der Waals surface area contributed by atoms with Gasteiger partial charge >= 0.3 is 0 Å². The van der Waals surface area contributed by atoms with E-state index in [2.05, 4.69) is 76.0 Å². The normalized spacial score (nSPS) is 12.2. The minimum atomic E-state index is -0.0589. The quantitative estimate of drug-likeness (QED) is 0.474. The predicted octanol–water partition coefficient (Wildman–Crippen LogP) is 3.81. The van der Waals surface area contributed by atoms with Crippen molar-refractivity contribution in [1.29, 1.82) is 0 Å². The maximum absolute atomic E-state index is 5.23. The van der Waals surface area contributed by atoms with Gasteiger partial charge in [-0.3, -0.25) is 0 Å². The second-order valence-corrected chi connectivity index (χ2v) is 7.33. The summed E-state index contributed by atoms with van der Waals surface area (Å²) in [6.45, 7) is 6.58. The molecule has 1 aromatic heterocycles. The van der Waals surface area contributed by atoms with Crippen LogP contribution in [0.25, 0.3) is 11.8 Å². The SMILES string of the molecule is CC(C)(C)c1cn(-c2ccc(Br)cc2)cc1/C=C/C=N/N=C(N)N. The Labute approximate surface area is 150 Å². The first-order valence-electron chi connectivity index (χ1n) is 7.54. The molecule has 0 radical (unpaired) electrons. The lowest BCUT2D eigenvalue weighted by Crippen LogP contribution is -2.21. The molecule has 6 heteroatoms. The molecule has 0 aliphatic carbocycles. The molecule has 0 bridgehead atoms. The van der Waals surface area contributed by atoms with Crippen LogP contribution in [0.1, 0.15) is 31.9 Å². The number of nitrogens with two attached hydrogens (primary N) is 2. The second-order valence-electron chi connectivity index (χ2n) is 6.41. The Morgan fingerprint density at radius 1 is 1.12 bits per heavy atom. The zero-order valence-corrected chi connectivity index (χ0v) is 15.7. The number of hydrogen-bond donors (Lipinski definition) is 2. The standard InChI is InChI=1S/C18H22BrN5/c1-18(2,3)16-12-24(15-8-6-14(19)7-9-15)11-13(16)5-4-10-22-23-17(20)21/h4-12H,1-3H3,(H4,20,21,23)/b5-4+,22-10+. The molecule has 0 saturated heterocycles. The number of aromatic nitrogens is 1. The zero-order valence-electron chi connectivity index (χ0n) is 14.1. The summed E-state index contributed by atoms with van der Waals surface area (Å²) in [7, 11) is 0. The molecular formula is C18H22BrN5. The number of nitrogens with zero attached hydrogens (tertiary/aromatic N) is 3. The van der Waals surface area contributed by atoms with Gasteiger partial charge in [0.25, 0.3) is 0 Å². The molecule has 0 aliphatic rings. The van der Waals surface area contributed by atoms with E-state index in [1.54, 1.807) is 6.21 Å². The van der Waals surface area contributed by atoms with Crippen LogP contribution in [0.2, 0.25) is 0 Å². The van der Waals surface area contributed by atoms with E-state index in [-0.39, 0.29) is 11.4 Å². The molecule has 0 atom stereocenters.